The number of carbonyl (C=O) groups is 2. The van der Waals surface area contributed by atoms with Crippen molar-refractivity contribution in [2.24, 2.45) is 11.8 Å². The van der Waals surface area contributed by atoms with E-state index in [1.54, 1.807) is 26.4 Å². The molecule has 0 aliphatic carbocycles. The second-order valence-electron chi connectivity index (χ2n) is 12.0. The number of hydrogen-bond donors (Lipinski definition) is 0. The fourth-order valence-electron chi connectivity index (χ4n) is 6.56. The quantitative estimate of drug-likeness (QED) is 0.268. The van der Waals surface area contributed by atoms with E-state index in [0.29, 0.717) is 35.9 Å². The Kier molecular flexibility index (Phi) is 12.9. The predicted octanol–water partition coefficient (Wildman–Crippen LogP) is 6.37. The van der Waals surface area contributed by atoms with Crippen molar-refractivity contribution in [1.29, 1.82) is 0 Å². The van der Waals surface area contributed by atoms with Gasteiger partial charge in [-0.15, -0.1) is 0 Å². The van der Waals surface area contributed by atoms with E-state index in [1.165, 1.54) is 0 Å². The van der Waals surface area contributed by atoms with Gasteiger partial charge in [-0.3, -0.25) is 9.59 Å². The Morgan fingerprint density at radius 2 is 1.55 bits per heavy atom. The lowest BCUT2D eigenvalue weighted by molar-refractivity contribution is -0.171. The number of allylic oxidation sites excluding steroid dienone is 3. The van der Waals surface area contributed by atoms with Gasteiger partial charge in [-0.25, -0.2) is 0 Å². The molecule has 0 N–H and O–H groups in total. The first-order chi connectivity index (χ1) is 17.9. The third-order valence-electron chi connectivity index (χ3n) is 8.37. The van der Waals surface area contributed by atoms with Crippen LogP contribution < -0.4 is 0 Å². The van der Waals surface area contributed by atoms with E-state index in [-0.39, 0.29) is 42.2 Å². The van der Waals surface area contributed by atoms with Crippen molar-refractivity contribution in [3.8, 4) is 0 Å². The third-order valence-corrected chi connectivity index (χ3v) is 14.5. The number of esters is 1. The average Bonchev–Trinajstić information content (AvgIpc) is 3.23. The Balaban J connectivity index is 2.56. The zero-order valence-electron chi connectivity index (χ0n) is 25.3. The number of fused-ring (bicyclic) bond motifs is 1. The molecule has 2 aliphatic heterocycles. The van der Waals surface area contributed by atoms with Crippen LogP contribution in [0, 0.1) is 11.8 Å². The monoisotopic (exact) mass is 552 g/mol. The Labute approximate surface area is 231 Å². The molecule has 0 saturated carbocycles. The summed E-state index contributed by atoms with van der Waals surface area (Å²) in [6.45, 7) is 17.2. The molecule has 8 heteroatoms. The molecular formula is C30H52O7Si. The molecule has 218 valence electrons. The van der Waals surface area contributed by atoms with Crippen molar-refractivity contribution < 1.29 is 33.0 Å². The van der Waals surface area contributed by atoms with Gasteiger partial charge in [-0.05, 0) is 42.0 Å². The number of cyclic esters (lactones) is 1. The van der Waals surface area contributed by atoms with Crippen molar-refractivity contribution in [3.05, 3.63) is 24.3 Å². The molecule has 7 atom stereocenters. The summed E-state index contributed by atoms with van der Waals surface area (Å²) in [5.41, 5.74) is 0.991. The van der Waals surface area contributed by atoms with Crippen LogP contribution in [0.5, 0.6) is 0 Å². The van der Waals surface area contributed by atoms with Crippen molar-refractivity contribution in [1.82, 2.24) is 0 Å². The number of ether oxygens (including phenoxy) is 4. The van der Waals surface area contributed by atoms with Crippen molar-refractivity contribution in [2.45, 2.75) is 128 Å². The van der Waals surface area contributed by atoms with Crippen molar-refractivity contribution in [3.63, 3.8) is 0 Å². The summed E-state index contributed by atoms with van der Waals surface area (Å²) in [7, 11) is 0.898. The standard InChI is InChI=1S/C30H52O7Si/c1-19(2)38(20(3)4,21(5)6)37-26-18-27(32)35-23(8)14-12-11-13-15-25(31)22(7)16-24-17-28(33-9)36-29(24)30(26)34-10/h11-13,15,19-24,26,28-30H,14,16-18H2,1-10H3/b12-11+,15-13+/t22-,23-,24-,26-,28+,29+,30?/m1/s1. The van der Waals surface area contributed by atoms with Gasteiger partial charge < -0.3 is 23.4 Å². The van der Waals surface area contributed by atoms with Gasteiger partial charge >= 0.3 is 5.97 Å². The topological polar surface area (TPSA) is 80.3 Å². The number of methoxy groups -OCH3 is 2. The van der Waals surface area contributed by atoms with Crippen LogP contribution in [0.15, 0.2) is 24.3 Å². The number of ketones is 1. The van der Waals surface area contributed by atoms with Crippen LogP contribution in [0.25, 0.3) is 0 Å². The van der Waals surface area contributed by atoms with Gasteiger partial charge in [0.15, 0.2) is 12.1 Å². The molecule has 1 fully saturated rings. The van der Waals surface area contributed by atoms with E-state index < -0.39 is 26.8 Å². The summed E-state index contributed by atoms with van der Waals surface area (Å²) in [4.78, 5) is 26.1. The summed E-state index contributed by atoms with van der Waals surface area (Å²) in [5.74, 6) is -0.403. The Bertz CT molecular complexity index is 800. The molecule has 38 heavy (non-hydrogen) atoms. The maximum absolute atomic E-state index is 13.3. The zero-order valence-corrected chi connectivity index (χ0v) is 26.3. The molecule has 0 spiro atoms. The smallest absolute Gasteiger partial charge is 0.308 e. The van der Waals surface area contributed by atoms with Gasteiger partial charge in [0.05, 0.1) is 18.6 Å². The van der Waals surface area contributed by atoms with E-state index in [2.05, 4.69) is 41.5 Å². The van der Waals surface area contributed by atoms with E-state index in [1.807, 2.05) is 26.0 Å². The second kappa shape index (κ2) is 14.9. The molecule has 1 saturated heterocycles. The third kappa shape index (κ3) is 8.10. The zero-order chi connectivity index (χ0) is 28.6. The van der Waals surface area contributed by atoms with E-state index >= 15 is 0 Å². The molecule has 1 unspecified atom stereocenters. The van der Waals surface area contributed by atoms with Gasteiger partial charge in [-0.1, -0.05) is 66.7 Å². The van der Waals surface area contributed by atoms with Gasteiger partial charge in [0.25, 0.3) is 0 Å². The SMILES string of the molecule is COC1[C@H]2O[C@H](OC)C[C@H]2C[C@@H](C)C(=O)/C=C/C=C/C[C@@H](C)OC(=O)C[C@H]1O[Si](C(C)C)(C(C)C)C(C)C. The van der Waals surface area contributed by atoms with Crippen molar-refractivity contribution >= 4 is 20.1 Å². The summed E-state index contributed by atoms with van der Waals surface area (Å²) in [6, 6.07) is 0. The normalized spacial score (nSPS) is 34.0. The van der Waals surface area contributed by atoms with Gasteiger partial charge in [0, 0.05) is 33.0 Å². The molecule has 0 aromatic heterocycles. The summed E-state index contributed by atoms with van der Waals surface area (Å²) in [5, 5.41) is 0. The van der Waals surface area contributed by atoms with Gasteiger partial charge in [0.2, 0.25) is 8.32 Å². The molecule has 0 aromatic rings. The Hall–Kier alpha value is -1.32. The lowest BCUT2D eigenvalue weighted by Crippen LogP contribution is -2.55. The molecule has 0 amide bonds. The maximum atomic E-state index is 13.3. The Morgan fingerprint density at radius 3 is 2.11 bits per heavy atom. The largest absolute Gasteiger partial charge is 0.462 e. The maximum Gasteiger partial charge on any atom is 0.308 e. The van der Waals surface area contributed by atoms with Crippen LogP contribution in [0.2, 0.25) is 16.6 Å². The lowest BCUT2D eigenvalue weighted by Gasteiger charge is -2.46. The Morgan fingerprint density at radius 1 is 0.921 bits per heavy atom. The molecule has 0 aromatic carbocycles. The van der Waals surface area contributed by atoms with Crippen LogP contribution in [-0.2, 0) is 33.0 Å². The number of rotatable bonds is 7. The highest BCUT2D eigenvalue weighted by Crippen LogP contribution is 2.45. The summed E-state index contributed by atoms with van der Waals surface area (Å²) < 4.78 is 31.1. The molecule has 0 bridgehead atoms. The van der Waals surface area contributed by atoms with Crippen LogP contribution in [0.3, 0.4) is 0 Å². The van der Waals surface area contributed by atoms with E-state index in [4.69, 9.17) is 23.4 Å². The minimum Gasteiger partial charge on any atom is -0.462 e. The fourth-order valence-corrected chi connectivity index (χ4v) is 12.1. The van der Waals surface area contributed by atoms with Crippen LogP contribution >= 0.6 is 0 Å². The van der Waals surface area contributed by atoms with Crippen LogP contribution in [0.1, 0.15) is 81.1 Å². The lowest BCUT2D eigenvalue weighted by atomic mass is 9.84. The number of hydrogen-bond acceptors (Lipinski definition) is 7. The molecule has 2 heterocycles. The predicted molar refractivity (Wildman–Crippen MR) is 152 cm³/mol. The van der Waals surface area contributed by atoms with Crippen LogP contribution in [-0.4, -0.2) is 65.0 Å². The highest BCUT2D eigenvalue weighted by atomic mass is 28.4. The molecule has 0 radical (unpaired) electrons. The van der Waals surface area contributed by atoms with E-state index in [0.717, 1.165) is 0 Å². The first kappa shape index (κ1) is 32.9. The molecule has 2 rings (SSSR count). The first-order valence-corrected chi connectivity index (χ1v) is 16.5. The van der Waals surface area contributed by atoms with Gasteiger partial charge in [-0.2, -0.15) is 0 Å². The van der Waals surface area contributed by atoms with Crippen LogP contribution in [0.4, 0.5) is 0 Å². The first-order valence-electron chi connectivity index (χ1n) is 14.3. The molecule has 7 nitrogen and oxygen atoms in total. The second-order valence-corrected chi connectivity index (χ2v) is 17.4. The summed E-state index contributed by atoms with van der Waals surface area (Å²) in [6.07, 6.45) is 6.91. The summed E-state index contributed by atoms with van der Waals surface area (Å²) >= 11 is 0. The van der Waals surface area contributed by atoms with E-state index in [9.17, 15) is 9.59 Å². The minimum atomic E-state index is -2.39. The highest BCUT2D eigenvalue weighted by Gasteiger charge is 2.51. The minimum absolute atomic E-state index is 0.00922. The number of carbonyl (C=O) groups excluding carboxylic acids is 2. The average molecular weight is 553 g/mol. The van der Waals surface area contributed by atoms with Crippen molar-refractivity contribution in [2.75, 3.05) is 14.2 Å². The fraction of sp³-hybridized carbons (Fsp3) is 0.800. The van der Waals surface area contributed by atoms with Gasteiger partial charge in [0.1, 0.15) is 12.2 Å². The molecule has 2 aliphatic rings. The molecular weight excluding hydrogens is 500 g/mol. The highest BCUT2D eigenvalue weighted by molar-refractivity contribution is 6.77.